The van der Waals surface area contributed by atoms with Crippen LogP contribution in [0.2, 0.25) is 0 Å². The number of rotatable bonds is 6. The molecule has 0 spiro atoms. The third kappa shape index (κ3) is 5.27. The molecule has 0 bridgehead atoms. The summed E-state index contributed by atoms with van der Waals surface area (Å²) in [6, 6.07) is 10.9. The van der Waals surface area contributed by atoms with Crippen molar-refractivity contribution in [3.05, 3.63) is 47.5 Å². The van der Waals surface area contributed by atoms with Crippen LogP contribution in [0.5, 0.6) is 11.5 Å². The zero-order valence-electron chi connectivity index (χ0n) is 19.0. The van der Waals surface area contributed by atoms with Crippen molar-refractivity contribution in [3.63, 3.8) is 0 Å². The number of amides is 3. The molecule has 3 amide bonds. The second kappa shape index (κ2) is 9.52. The molecule has 0 aromatic heterocycles. The third-order valence-electron chi connectivity index (χ3n) is 6.14. The Kier molecular flexibility index (Phi) is 6.53. The van der Waals surface area contributed by atoms with Gasteiger partial charge in [-0.25, -0.2) is 0 Å². The standard InChI is InChI=1S/C25H29N3O5/c1-16(29)27-20-11-18(12-21(14-20)28-17(2)30)24(31)26-15-25(7-3-4-8-25)19-5-6-22-23(13-19)33-10-9-32-22/h5-6,11-14H,3-4,7-10,15H2,1-2H3,(H,26,31)(H,27,29)(H,28,30). The Balaban J connectivity index is 1.55. The number of carbonyl (C=O) groups is 3. The maximum absolute atomic E-state index is 13.1. The van der Waals surface area contributed by atoms with Crippen molar-refractivity contribution >= 4 is 29.1 Å². The van der Waals surface area contributed by atoms with E-state index in [0.717, 1.165) is 42.7 Å². The van der Waals surface area contributed by atoms with Gasteiger partial charge in [-0.05, 0) is 48.7 Å². The molecule has 2 aromatic carbocycles. The summed E-state index contributed by atoms with van der Waals surface area (Å²) < 4.78 is 11.4. The van der Waals surface area contributed by atoms with E-state index >= 15 is 0 Å². The van der Waals surface area contributed by atoms with Gasteiger partial charge in [0.05, 0.1) is 0 Å². The number of hydrogen-bond donors (Lipinski definition) is 3. The molecule has 1 heterocycles. The number of anilines is 2. The van der Waals surface area contributed by atoms with Crippen LogP contribution in [0.1, 0.15) is 55.5 Å². The largest absolute Gasteiger partial charge is 0.486 e. The zero-order valence-corrected chi connectivity index (χ0v) is 19.0. The molecule has 4 rings (SSSR count). The molecular formula is C25H29N3O5. The first kappa shape index (κ1) is 22.6. The predicted octanol–water partition coefficient (Wildman–Crippen LogP) is 3.62. The van der Waals surface area contributed by atoms with Gasteiger partial charge in [0, 0.05) is 42.7 Å². The molecule has 1 saturated carbocycles. The molecule has 0 saturated heterocycles. The van der Waals surface area contributed by atoms with Gasteiger partial charge < -0.3 is 25.4 Å². The van der Waals surface area contributed by atoms with Crippen molar-refractivity contribution in [2.45, 2.75) is 44.9 Å². The van der Waals surface area contributed by atoms with E-state index in [2.05, 4.69) is 22.0 Å². The molecule has 3 N–H and O–H groups in total. The Hall–Kier alpha value is -3.55. The SMILES string of the molecule is CC(=O)Nc1cc(NC(C)=O)cc(C(=O)NCC2(c3ccc4c(c3)OCCO4)CCCC2)c1. The summed E-state index contributed by atoms with van der Waals surface area (Å²) in [5.41, 5.74) is 2.21. The number of hydrogen-bond acceptors (Lipinski definition) is 5. The first-order valence-corrected chi connectivity index (χ1v) is 11.2. The molecule has 8 nitrogen and oxygen atoms in total. The zero-order chi connectivity index (χ0) is 23.4. The van der Waals surface area contributed by atoms with Crippen molar-refractivity contribution in [1.29, 1.82) is 0 Å². The number of ether oxygens (including phenoxy) is 2. The molecule has 1 aliphatic heterocycles. The minimum absolute atomic E-state index is 0.179. The van der Waals surface area contributed by atoms with Crippen LogP contribution in [0.4, 0.5) is 11.4 Å². The highest BCUT2D eigenvalue weighted by Gasteiger charge is 2.37. The Morgan fingerprint density at radius 2 is 1.45 bits per heavy atom. The highest BCUT2D eigenvalue weighted by molar-refractivity contribution is 6.00. The highest BCUT2D eigenvalue weighted by atomic mass is 16.6. The normalized spacial score (nSPS) is 16.1. The van der Waals surface area contributed by atoms with E-state index in [1.54, 1.807) is 18.2 Å². The van der Waals surface area contributed by atoms with E-state index in [1.807, 2.05) is 12.1 Å². The second-order valence-corrected chi connectivity index (χ2v) is 8.69. The fourth-order valence-corrected chi connectivity index (χ4v) is 4.65. The summed E-state index contributed by atoms with van der Waals surface area (Å²) in [6.07, 6.45) is 4.12. The number of carbonyl (C=O) groups excluding carboxylic acids is 3. The fraction of sp³-hybridized carbons (Fsp3) is 0.400. The minimum Gasteiger partial charge on any atom is -0.486 e. The lowest BCUT2D eigenvalue weighted by Crippen LogP contribution is -2.39. The molecule has 0 atom stereocenters. The third-order valence-corrected chi connectivity index (χ3v) is 6.14. The average Bonchev–Trinajstić information content (AvgIpc) is 3.26. The lowest BCUT2D eigenvalue weighted by Gasteiger charge is -2.31. The van der Waals surface area contributed by atoms with Gasteiger partial charge in [0.1, 0.15) is 13.2 Å². The lowest BCUT2D eigenvalue weighted by atomic mass is 9.78. The Bertz CT molecular complexity index is 1040. The highest BCUT2D eigenvalue weighted by Crippen LogP contribution is 2.44. The van der Waals surface area contributed by atoms with E-state index in [4.69, 9.17) is 9.47 Å². The minimum atomic E-state index is -0.266. The summed E-state index contributed by atoms with van der Waals surface area (Å²) in [6.45, 7) is 4.34. The van der Waals surface area contributed by atoms with Crippen LogP contribution in [-0.2, 0) is 15.0 Å². The molecule has 2 aliphatic rings. The summed E-state index contributed by atoms with van der Waals surface area (Å²) in [5, 5.41) is 8.44. The van der Waals surface area contributed by atoms with Gasteiger partial charge in [0.15, 0.2) is 11.5 Å². The van der Waals surface area contributed by atoms with E-state index in [0.29, 0.717) is 36.7 Å². The molecule has 2 aromatic rings. The topological polar surface area (TPSA) is 106 Å². The van der Waals surface area contributed by atoms with Gasteiger partial charge in [0.25, 0.3) is 5.91 Å². The second-order valence-electron chi connectivity index (χ2n) is 8.69. The van der Waals surface area contributed by atoms with E-state index in [-0.39, 0.29) is 23.1 Å². The molecule has 1 fully saturated rings. The van der Waals surface area contributed by atoms with Crippen LogP contribution in [0, 0.1) is 0 Å². The van der Waals surface area contributed by atoms with Crippen LogP contribution in [0.15, 0.2) is 36.4 Å². The predicted molar refractivity (Wildman–Crippen MR) is 125 cm³/mol. The average molecular weight is 452 g/mol. The summed E-state index contributed by atoms with van der Waals surface area (Å²) in [4.78, 5) is 36.1. The molecule has 174 valence electrons. The van der Waals surface area contributed by atoms with Crippen molar-refractivity contribution < 1.29 is 23.9 Å². The molecular weight excluding hydrogens is 422 g/mol. The lowest BCUT2D eigenvalue weighted by molar-refractivity contribution is -0.115. The molecule has 8 heteroatoms. The summed E-state index contributed by atoms with van der Waals surface area (Å²) in [5.74, 6) is 0.717. The van der Waals surface area contributed by atoms with Crippen LogP contribution >= 0.6 is 0 Å². The van der Waals surface area contributed by atoms with Crippen LogP contribution in [0.3, 0.4) is 0 Å². The van der Waals surface area contributed by atoms with Gasteiger partial charge in [-0.3, -0.25) is 14.4 Å². The monoisotopic (exact) mass is 451 g/mol. The van der Waals surface area contributed by atoms with Gasteiger partial charge in [0.2, 0.25) is 11.8 Å². The Labute approximate surface area is 193 Å². The first-order valence-electron chi connectivity index (χ1n) is 11.2. The van der Waals surface area contributed by atoms with Gasteiger partial charge >= 0.3 is 0 Å². The van der Waals surface area contributed by atoms with E-state index in [9.17, 15) is 14.4 Å². The number of nitrogens with one attached hydrogen (secondary N) is 3. The smallest absolute Gasteiger partial charge is 0.251 e. The van der Waals surface area contributed by atoms with Crippen molar-refractivity contribution in [2.75, 3.05) is 30.4 Å². The van der Waals surface area contributed by atoms with Crippen molar-refractivity contribution in [2.24, 2.45) is 0 Å². The number of fused-ring (bicyclic) bond motifs is 1. The molecule has 0 unspecified atom stereocenters. The van der Waals surface area contributed by atoms with Crippen molar-refractivity contribution in [3.8, 4) is 11.5 Å². The van der Waals surface area contributed by atoms with Gasteiger partial charge in [-0.2, -0.15) is 0 Å². The number of benzene rings is 2. The Morgan fingerprint density at radius 3 is 2.06 bits per heavy atom. The first-order chi connectivity index (χ1) is 15.8. The van der Waals surface area contributed by atoms with Crippen LogP contribution in [0.25, 0.3) is 0 Å². The van der Waals surface area contributed by atoms with Crippen LogP contribution in [-0.4, -0.2) is 37.5 Å². The summed E-state index contributed by atoms with van der Waals surface area (Å²) >= 11 is 0. The van der Waals surface area contributed by atoms with Crippen LogP contribution < -0.4 is 25.4 Å². The fourth-order valence-electron chi connectivity index (χ4n) is 4.65. The summed E-state index contributed by atoms with van der Waals surface area (Å²) in [7, 11) is 0. The maximum atomic E-state index is 13.1. The molecule has 33 heavy (non-hydrogen) atoms. The van der Waals surface area contributed by atoms with E-state index in [1.165, 1.54) is 13.8 Å². The quantitative estimate of drug-likeness (QED) is 0.622. The maximum Gasteiger partial charge on any atom is 0.251 e. The molecule has 1 aliphatic carbocycles. The van der Waals surface area contributed by atoms with E-state index < -0.39 is 0 Å². The molecule has 0 radical (unpaired) electrons. The van der Waals surface area contributed by atoms with Crippen molar-refractivity contribution in [1.82, 2.24) is 5.32 Å². The van der Waals surface area contributed by atoms with Gasteiger partial charge in [-0.1, -0.05) is 18.9 Å². The van der Waals surface area contributed by atoms with Gasteiger partial charge in [-0.15, -0.1) is 0 Å². The Morgan fingerprint density at radius 1 is 0.848 bits per heavy atom.